The van der Waals surface area contributed by atoms with Crippen LogP contribution in [0.1, 0.15) is 27.3 Å². The summed E-state index contributed by atoms with van der Waals surface area (Å²) in [4.78, 5) is 24.9. The van der Waals surface area contributed by atoms with E-state index in [1.165, 1.54) is 41.4 Å². The molecule has 2 aromatic heterocycles. The molecule has 2 heterocycles. The van der Waals surface area contributed by atoms with Crippen LogP contribution in [-0.4, -0.2) is 31.3 Å². The van der Waals surface area contributed by atoms with E-state index in [0.29, 0.717) is 0 Å². The maximum Gasteiger partial charge on any atom is 0.416 e. The minimum absolute atomic E-state index is 0.0332. The topological polar surface area (TPSA) is 81.8 Å². The van der Waals surface area contributed by atoms with E-state index >= 15 is 0 Å². The molecule has 3 rings (SSSR count). The number of Topliss-reactive ketones (excluding diaryl/α,β-unsaturated/α-hetero) is 1. The van der Waals surface area contributed by atoms with Crippen molar-refractivity contribution in [3.05, 3.63) is 59.0 Å². The Morgan fingerprint density at radius 2 is 1.82 bits per heavy atom. The summed E-state index contributed by atoms with van der Waals surface area (Å²) in [5.41, 5.74) is -0.169. The van der Waals surface area contributed by atoms with Gasteiger partial charge in [0.1, 0.15) is 0 Å². The summed E-state index contributed by atoms with van der Waals surface area (Å²) < 4.78 is 41.6. The summed E-state index contributed by atoms with van der Waals surface area (Å²) in [5.74, 6) is -1.55. The van der Waals surface area contributed by atoms with E-state index in [0.717, 1.165) is 12.1 Å². The normalized spacial score (nSPS) is 11.5. The Morgan fingerprint density at radius 3 is 2.43 bits per heavy atom. The highest BCUT2D eigenvalue weighted by molar-refractivity contribution is 6.47. The molecule has 0 radical (unpaired) electrons. The van der Waals surface area contributed by atoms with Gasteiger partial charge in [-0.2, -0.15) is 23.4 Å². The third kappa shape index (κ3) is 3.66. The summed E-state index contributed by atoms with van der Waals surface area (Å²) in [6.07, 6.45) is -2.91. The van der Waals surface area contributed by atoms with Crippen molar-refractivity contribution < 1.29 is 22.8 Å². The zero-order chi connectivity index (χ0) is 20.6. The van der Waals surface area contributed by atoms with Crippen LogP contribution >= 0.6 is 0 Å². The molecule has 0 unspecified atom stereocenters. The lowest BCUT2D eigenvalue weighted by molar-refractivity contribution is -0.137. The smallest absolute Gasteiger partial charge is 0.302 e. The molecule has 0 atom stereocenters. The average molecular weight is 391 g/mol. The van der Waals surface area contributed by atoms with Crippen LogP contribution in [0.4, 0.5) is 19.0 Å². The minimum atomic E-state index is -4.51. The van der Waals surface area contributed by atoms with Gasteiger partial charge in [-0.3, -0.25) is 14.3 Å². The predicted octanol–water partition coefficient (Wildman–Crippen LogP) is 3.06. The van der Waals surface area contributed by atoms with Crippen LogP contribution < -0.4 is 5.32 Å². The number of anilines is 1. The monoisotopic (exact) mass is 391 g/mol. The molecule has 28 heavy (non-hydrogen) atoms. The lowest BCUT2D eigenvalue weighted by atomic mass is 10.1. The van der Waals surface area contributed by atoms with Crippen LogP contribution in [0.5, 0.6) is 0 Å². The fourth-order valence-electron chi connectivity index (χ4n) is 2.81. The van der Waals surface area contributed by atoms with Crippen molar-refractivity contribution in [1.29, 1.82) is 0 Å². The van der Waals surface area contributed by atoms with Gasteiger partial charge in [-0.25, -0.2) is 4.68 Å². The van der Waals surface area contributed by atoms with Crippen LogP contribution in [0.2, 0.25) is 0 Å². The standard InChI is InChI=1S/C18H16F3N5O2/c1-10-15(16(27)17(28)22-14-7-8-25(3)24-14)11(2)26(23-10)13-6-4-5-12(9-13)18(19,20)21/h4-9H,1-3H3,(H,22,24,28). The summed E-state index contributed by atoms with van der Waals surface area (Å²) >= 11 is 0. The molecule has 146 valence electrons. The number of halogens is 3. The molecule has 3 aromatic rings. The Balaban J connectivity index is 1.94. The number of amides is 1. The molecule has 10 heteroatoms. The van der Waals surface area contributed by atoms with E-state index < -0.39 is 23.4 Å². The van der Waals surface area contributed by atoms with E-state index in [1.807, 2.05) is 0 Å². The number of alkyl halides is 3. The van der Waals surface area contributed by atoms with Crippen molar-refractivity contribution in [2.24, 2.45) is 7.05 Å². The Bertz CT molecular complexity index is 1070. The zero-order valence-electron chi connectivity index (χ0n) is 15.2. The molecule has 1 aromatic carbocycles. The highest BCUT2D eigenvalue weighted by atomic mass is 19.4. The van der Waals surface area contributed by atoms with Gasteiger partial charge in [-0.15, -0.1) is 0 Å². The molecular formula is C18H16F3N5O2. The first kappa shape index (κ1) is 19.3. The first-order valence-corrected chi connectivity index (χ1v) is 8.17. The van der Waals surface area contributed by atoms with Gasteiger partial charge in [-0.05, 0) is 32.0 Å². The number of nitrogens with one attached hydrogen (secondary N) is 1. The Hall–Kier alpha value is -3.43. The van der Waals surface area contributed by atoms with Crippen LogP contribution in [0.25, 0.3) is 5.69 Å². The number of carbonyl (C=O) groups excluding carboxylic acids is 2. The second-order valence-corrected chi connectivity index (χ2v) is 6.16. The molecule has 0 bridgehead atoms. The summed E-state index contributed by atoms with van der Waals surface area (Å²) in [7, 11) is 1.66. The number of rotatable bonds is 4. The summed E-state index contributed by atoms with van der Waals surface area (Å²) in [5, 5.41) is 10.5. The Kier molecular flexibility index (Phi) is 4.80. The van der Waals surface area contributed by atoms with Gasteiger partial charge in [0.2, 0.25) is 0 Å². The molecule has 0 spiro atoms. The van der Waals surface area contributed by atoms with Crippen LogP contribution in [0.15, 0.2) is 36.5 Å². The van der Waals surface area contributed by atoms with Gasteiger partial charge in [-0.1, -0.05) is 6.07 Å². The maximum absolute atomic E-state index is 13.0. The maximum atomic E-state index is 13.0. The quantitative estimate of drug-likeness (QED) is 0.547. The highest BCUT2D eigenvalue weighted by Crippen LogP contribution is 2.31. The van der Waals surface area contributed by atoms with Gasteiger partial charge in [0, 0.05) is 19.3 Å². The van der Waals surface area contributed by atoms with Crippen molar-refractivity contribution in [2.75, 3.05) is 5.32 Å². The van der Waals surface area contributed by atoms with Crippen molar-refractivity contribution in [3.8, 4) is 5.69 Å². The first-order valence-electron chi connectivity index (χ1n) is 8.17. The molecular weight excluding hydrogens is 375 g/mol. The van der Waals surface area contributed by atoms with E-state index in [2.05, 4.69) is 15.5 Å². The zero-order valence-corrected chi connectivity index (χ0v) is 15.2. The third-order valence-corrected chi connectivity index (χ3v) is 4.10. The van der Waals surface area contributed by atoms with Crippen molar-refractivity contribution in [3.63, 3.8) is 0 Å². The number of aromatic nitrogens is 4. The van der Waals surface area contributed by atoms with Gasteiger partial charge in [0.15, 0.2) is 5.82 Å². The van der Waals surface area contributed by atoms with Crippen molar-refractivity contribution in [1.82, 2.24) is 19.6 Å². The molecule has 0 aliphatic carbocycles. The summed E-state index contributed by atoms with van der Waals surface area (Å²) in [6.45, 7) is 3.03. The van der Waals surface area contributed by atoms with Gasteiger partial charge in [0.05, 0.1) is 28.2 Å². The highest BCUT2D eigenvalue weighted by Gasteiger charge is 2.31. The number of nitrogens with zero attached hydrogens (tertiary/aromatic N) is 4. The van der Waals surface area contributed by atoms with Gasteiger partial charge >= 0.3 is 6.18 Å². The second-order valence-electron chi connectivity index (χ2n) is 6.16. The third-order valence-electron chi connectivity index (χ3n) is 4.10. The predicted molar refractivity (Wildman–Crippen MR) is 94.2 cm³/mol. The molecule has 0 saturated carbocycles. The Labute approximate surface area is 157 Å². The number of carbonyl (C=O) groups is 2. The molecule has 0 fully saturated rings. The Morgan fingerprint density at radius 1 is 1.11 bits per heavy atom. The molecule has 0 aliphatic rings. The number of hydrogen-bond donors (Lipinski definition) is 1. The first-order chi connectivity index (χ1) is 13.1. The lowest BCUT2D eigenvalue weighted by Gasteiger charge is -2.10. The molecule has 0 saturated heterocycles. The number of hydrogen-bond acceptors (Lipinski definition) is 4. The SMILES string of the molecule is Cc1nn(-c2cccc(C(F)(F)F)c2)c(C)c1C(=O)C(=O)Nc1ccn(C)n1. The number of ketones is 1. The molecule has 0 aliphatic heterocycles. The van der Waals surface area contributed by atoms with Gasteiger partial charge < -0.3 is 5.32 Å². The van der Waals surface area contributed by atoms with Crippen LogP contribution in [-0.2, 0) is 18.0 Å². The van der Waals surface area contributed by atoms with Crippen molar-refractivity contribution >= 4 is 17.5 Å². The number of benzene rings is 1. The fourth-order valence-corrected chi connectivity index (χ4v) is 2.81. The molecule has 1 amide bonds. The second kappa shape index (κ2) is 6.95. The number of aryl methyl sites for hydroxylation is 2. The van der Waals surface area contributed by atoms with E-state index in [1.54, 1.807) is 13.2 Å². The minimum Gasteiger partial charge on any atom is -0.302 e. The van der Waals surface area contributed by atoms with E-state index in [-0.39, 0.29) is 28.5 Å². The van der Waals surface area contributed by atoms with Gasteiger partial charge in [0.25, 0.3) is 11.7 Å². The largest absolute Gasteiger partial charge is 0.416 e. The van der Waals surface area contributed by atoms with Crippen molar-refractivity contribution in [2.45, 2.75) is 20.0 Å². The summed E-state index contributed by atoms with van der Waals surface area (Å²) in [6, 6.07) is 6.10. The molecule has 7 nitrogen and oxygen atoms in total. The fraction of sp³-hybridized carbons (Fsp3) is 0.222. The van der Waals surface area contributed by atoms with E-state index in [4.69, 9.17) is 0 Å². The van der Waals surface area contributed by atoms with Crippen LogP contribution in [0, 0.1) is 13.8 Å². The van der Waals surface area contributed by atoms with Crippen LogP contribution in [0.3, 0.4) is 0 Å². The molecule has 1 N–H and O–H groups in total. The average Bonchev–Trinajstić information content (AvgIpc) is 3.16. The lowest BCUT2D eigenvalue weighted by Crippen LogP contribution is -2.24. The van der Waals surface area contributed by atoms with E-state index in [9.17, 15) is 22.8 Å².